The Labute approximate surface area is 149 Å². The fourth-order valence-electron chi connectivity index (χ4n) is 2.70. The van der Waals surface area contributed by atoms with E-state index in [1.54, 1.807) is 37.3 Å². The van der Waals surface area contributed by atoms with Gasteiger partial charge >= 0.3 is 5.97 Å². The zero-order valence-corrected chi connectivity index (χ0v) is 14.7. The lowest BCUT2D eigenvalue weighted by Crippen LogP contribution is -2.15. The first-order valence-corrected chi connectivity index (χ1v) is 9.02. The first-order chi connectivity index (χ1) is 12.0. The summed E-state index contributed by atoms with van der Waals surface area (Å²) in [5, 5.41) is 2.76. The van der Waals surface area contributed by atoms with Crippen LogP contribution in [0.3, 0.4) is 0 Å². The van der Waals surface area contributed by atoms with Crippen LogP contribution >= 0.6 is 11.8 Å². The lowest BCUT2D eigenvalue weighted by Gasteiger charge is -2.08. The van der Waals surface area contributed by atoms with Gasteiger partial charge in [0.15, 0.2) is 12.4 Å². The number of esters is 1. The Balaban J connectivity index is 1.69. The zero-order valence-electron chi connectivity index (χ0n) is 13.9. The van der Waals surface area contributed by atoms with Crippen molar-refractivity contribution in [2.45, 2.75) is 17.7 Å². The molecule has 1 aliphatic heterocycles. The zero-order chi connectivity index (χ0) is 18.0. The van der Waals surface area contributed by atoms with Crippen molar-refractivity contribution in [3.8, 4) is 0 Å². The predicted molar refractivity (Wildman–Crippen MR) is 96.3 cm³/mol. The van der Waals surface area contributed by atoms with E-state index in [2.05, 4.69) is 5.32 Å². The molecule has 0 radical (unpaired) electrons. The second-order valence-corrected chi connectivity index (χ2v) is 6.56. The van der Waals surface area contributed by atoms with Gasteiger partial charge in [-0.05, 0) is 49.1 Å². The van der Waals surface area contributed by atoms with Gasteiger partial charge in [0.05, 0.1) is 11.5 Å². The van der Waals surface area contributed by atoms with Gasteiger partial charge in [-0.25, -0.2) is 4.79 Å². The highest BCUT2D eigenvalue weighted by atomic mass is 32.2. The molecule has 128 valence electrons. The number of anilines is 1. The number of nitrogens with one attached hydrogen (secondary N) is 1. The number of carbonyl (C=O) groups is 3. The van der Waals surface area contributed by atoms with Gasteiger partial charge in [0.1, 0.15) is 0 Å². The molecule has 1 amide bonds. The Bertz CT molecular complexity index is 862. The molecule has 1 N–H and O–H groups in total. The normalized spacial score (nSPS) is 15.4. The van der Waals surface area contributed by atoms with Crippen LogP contribution in [0.25, 0.3) is 0 Å². The van der Waals surface area contributed by atoms with Crippen molar-refractivity contribution in [3.63, 3.8) is 0 Å². The summed E-state index contributed by atoms with van der Waals surface area (Å²) in [6, 6.07) is 12.1. The van der Waals surface area contributed by atoms with Crippen LogP contribution in [0.5, 0.6) is 0 Å². The summed E-state index contributed by atoms with van der Waals surface area (Å²) in [5.41, 5.74) is 2.38. The van der Waals surface area contributed by atoms with Crippen molar-refractivity contribution < 1.29 is 19.1 Å². The summed E-state index contributed by atoms with van der Waals surface area (Å²) in [6.07, 6.45) is 1.87. The molecule has 0 unspecified atom stereocenters. The number of rotatable bonds is 5. The monoisotopic (exact) mass is 355 g/mol. The van der Waals surface area contributed by atoms with Crippen LogP contribution in [0.15, 0.2) is 47.4 Å². The number of carbonyl (C=O) groups excluding carboxylic acids is 3. The highest BCUT2D eigenvalue weighted by molar-refractivity contribution is 7.98. The van der Waals surface area contributed by atoms with Crippen LogP contribution in [-0.2, 0) is 9.53 Å². The third-order valence-electron chi connectivity index (χ3n) is 4.15. The van der Waals surface area contributed by atoms with Gasteiger partial charge in [0, 0.05) is 16.1 Å². The molecule has 6 heteroatoms. The molecule has 5 nitrogen and oxygen atoms in total. The standard InChI is InChI=1S/C19H17NO4S/c1-11-14-9-12(7-8-15(14)20-18(11)22)16(21)10-24-19(23)13-5-3-4-6-17(13)25-2/h3-9,11H,10H2,1-2H3,(H,20,22)/t11-/m0/s1. The van der Waals surface area contributed by atoms with Gasteiger partial charge in [-0.3, -0.25) is 9.59 Å². The van der Waals surface area contributed by atoms with E-state index in [9.17, 15) is 14.4 Å². The fraction of sp³-hybridized carbons (Fsp3) is 0.211. The Morgan fingerprint density at radius 2 is 1.96 bits per heavy atom. The lowest BCUT2D eigenvalue weighted by atomic mass is 9.99. The summed E-state index contributed by atoms with van der Waals surface area (Å²) in [6.45, 7) is 1.45. The molecule has 1 heterocycles. The third kappa shape index (κ3) is 3.44. The molecule has 2 aromatic rings. The van der Waals surface area contributed by atoms with Gasteiger partial charge in [-0.15, -0.1) is 11.8 Å². The highest BCUT2D eigenvalue weighted by Gasteiger charge is 2.27. The molecule has 0 saturated carbocycles. The fourth-order valence-corrected chi connectivity index (χ4v) is 3.28. The molecule has 0 saturated heterocycles. The number of hydrogen-bond donors (Lipinski definition) is 1. The van der Waals surface area contributed by atoms with Crippen molar-refractivity contribution in [3.05, 3.63) is 59.2 Å². The topological polar surface area (TPSA) is 72.5 Å². The number of ether oxygens (including phenoxy) is 1. The molecule has 25 heavy (non-hydrogen) atoms. The molecule has 2 aromatic carbocycles. The summed E-state index contributed by atoms with van der Waals surface area (Å²) in [4.78, 5) is 37.0. The smallest absolute Gasteiger partial charge is 0.339 e. The van der Waals surface area contributed by atoms with Gasteiger partial charge < -0.3 is 10.1 Å². The number of hydrogen-bond acceptors (Lipinski definition) is 5. The van der Waals surface area contributed by atoms with Crippen LogP contribution in [0, 0.1) is 0 Å². The molecule has 0 spiro atoms. The van der Waals surface area contributed by atoms with Crippen molar-refractivity contribution >= 4 is 35.1 Å². The molecular formula is C19H17NO4S. The van der Waals surface area contributed by atoms with Crippen LogP contribution in [0.1, 0.15) is 39.1 Å². The Morgan fingerprint density at radius 1 is 1.20 bits per heavy atom. The van der Waals surface area contributed by atoms with Crippen LogP contribution in [0.2, 0.25) is 0 Å². The number of thioether (sulfide) groups is 1. The second kappa shape index (κ2) is 7.11. The van der Waals surface area contributed by atoms with Crippen LogP contribution in [-0.4, -0.2) is 30.5 Å². The number of benzene rings is 2. The van der Waals surface area contributed by atoms with Gasteiger partial charge in [0.2, 0.25) is 5.91 Å². The van der Waals surface area contributed by atoms with E-state index in [1.807, 2.05) is 18.4 Å². The van der Waals surface area contributed by atoms with E-state index in [4.69, 9.17) is 4.74 Å². The van der Waals surface area contributed by atoms with E-state index in [1.165, 1.54) is 11.8 Å². The minimum absolute atomic E-state index is 0.0836. The summed E-state index contributed by atoms with van der Waals surface area (Å²) in [7, 11) is 0. The number of ketones is 1. The third-order valence-corrected chi connectivity index (χ3v) is 4.95. The molecule has 3 rings (SSSR count). The molecule has 0 fully saturated rings. The molecule has 1 aliphatic rings. The summed E-state index contributed by atoms with van der Waals surface area (Å²) in [5.74, 6) is -1.20. The quantitative estimate of drug-likeness (QED) is 0.505. The molecule has 0 bridgehead atoms. The van der Waals surface area contributed by atoms with Crippen LogP contribution < -0.4 is 5.32 Å². The largest absolute Gasteiger partial charge is 0.454 e. The molecule has 0 aromatic heterocycles. The van der Waals surface area contributed by atoms with Crippen molar-refractivity contribution in [2.75, 3.05) is 18.2 Å². The predicted octanol–water partition coefficient (Wildman–Crippen LogP) is 3.50. The van der Waals surface area contributed by atoms with Gasteiger partial charge in [-0.2, -0.15) is 0 Å². The Hall–Kier alpha value is -2.60. The molecule has 1 atom stereocenters. The lowest BCUT2D eigenvalue weighted by molar-refractivity contribution is -0.116. The average molecular weight is 355 g/mol. The van der Waals surface area contributed by atoms with E-state index >= 15 is 0 Å². The summed E-state index contributed by atoms with van der Waals surface area (Å²) < 4.78 is 5.17. The number of amides is 1. The maximum atomic E-state index is 12.3. The summed E-state index contributed by atoms with van der Waals surface area (Å²) >= 11 is 1.44. The number of Topliss-reactive ketones (excluding diaryl/α,β-unsaturated/α-hetero) is 1. The van der Waals surface area contributed by atoms with E-state index in [0.29, 0.717) is 11.1 Å². The minimum atomic E-state index is -0.523. The number of fused-ring (bicyclic) bond motifs is 1. The second-order valence-electron chi connectivity index (χ2n) is 5.71. The molecule has 0 aliphatic carbocycles. The van der Waals surface area contributed by atoms with Crippen molar-refractivity contribution in [2.24, 2.45) is 0 Å². The first kappa shape index (κ1) is 17.2. The SMILES string of the molecule is CSc1ccccc1C(=O)OCC(=O)c1ccc2c(c1)[C@H](C)C(=O)N2. The van der Waals surface area contributed by atoms with Gasteiger partial charge in [0.25, 0.3) is 0 Å². The molecular weight excluding hydrogens is 338 g/mol. The van der Waals surface area contributed by atoms with E-state index < -0.39 is 5.97 Å². The van der Waals surface area contributed by atoms with Crippen molar-refractivity contribution in [1.82, 2.24) is 0 Å². The van der Waals surface area contributed by atoms with Crippen molar-refractivity contribution in [1.29, 1.82) is 0 Å². The van der Waals surface area contributed by atoms with Gasteiger partial charge in [-0.1, -0.05) is 12.1 Å². The average Bonchev–Trinajstić information content (AvgIpc) is 2.93. The van der Waals surface area contributed by atoms with E-state index in [-0.39, 0.29) is 24.2 Å². The minimum Gasteiger partial charge on any atom is -0.454 e. The van der Waals surface area contributed by atoms with Crippen LogP contribution in [0.4, 0.5) is 5.69 Å². The Kier molecular flexibility index (Phi) is 4.90. The maximum absolute atomic E-state index is 12.3. The highest BCUT2D eigenvalue weighted by Crippen LogP contribution is 2.32. The maximum Gasteiger partial charge on any atom is 0.339 e. The Morgan fingerprint density at radius 3 is 2.72 bits per heavy atom. The first-order valence-electron chi connectivity index (χ1n) is 7.79. The van der Waals surface area contributed by atoms with E-state index in [0.717, 1.165) is 16.1 Å².